The normalized spacial score (nSPS) is 11.3. The van der Waals surface area contributed by atoms with Gasteiger partial charge >= 0.3 is 0 Å². The van der Waals surface area contributed by atoms with Gasteiger partial charge in [-0.05, 0) is 19.1 Å². The first-order valence-electron chi connectivity index (χ1n) is 5.89. The van der Waals surface area contributed by atoms with Crippen LogP contribution in [0.2, 0.25) is 0 Å². The molecule has 1 rings (SSSR count). The Bertz CT molecular complexity index is 544. The Hall–Kier alpha value is -2.64. The molecule has 1 atom stereocenters. The number of anilines is 1. The summed E-state index contributed by atoms with van der Waals surface area (Å²) in [5.74, 6) is -0.897. The highest BCUT2D eigenvalue weighted by atomic mass is 16.6. The summed E-state index contributed by atoms with van der Waals surface area (Å²) in [6.45, 7) is 1.52. The standard InChI is InChI=1S/C12H16N4O4/c1-7(11(17)14-3)15-12(18)8-4-5-9(13-2)10(6-8)16(19)20/h4-7,13H,1-3H3,(H,14,17)(H,15,18). The van der Waals surface area contributed by atoms with Crippen LogP contribution < -0.4 is 16.0 Å². The summed E-state index contributed by atoms with van der Waals surface area (Å²) in [6, 6.07) is 3.33. The maximum absolute atomic E-state index is 11.9. The van der Waals surface area contributed by atoms with Crippen LogP contribution in [0.5, 0.6) is 0 Å². The van der Waals surface area contributed by atoms with Crippen LogP contribution in [-0.4, -0.2) is 36.9 Å². The van der Waals surface area contributed by atoms with Gasteiger partial charge in [-0.25, -0.2) is 0 Å². The van der Waals surface area contributed by atoms with Crippen LogP contribution in [0, 0.1) is 10.1 Å². The largest absolute Gasteiger partial charge is 0.383 e. The Morgan fingerprint density at radius 3 is 2.45 bits per heavy atom. The summed E-state index contributed by atoms with van der Waals surface area (Å²) >= 11 is 0. The number of carbonyl (C=O) groups excluding carboxylic acids is 2. The van der Waals surface area contributed by atoms with Crippen molar-refractivity contribution in [2.75, 3.05) is 19.4 Å². The highest BCUT2D eigenvalue weighted by Gasteiger charge is 2.19. The van der Waals surface area contributed by atoms with Crippen LogP contribution in [0.1, 0.15) is 17.3 Å². The Labute approximate surface area is 115 Å². The maximum Gasteiger partial charge on any atom is 0.293 e. The lowest BCUT2D eigenvalue weighted by atomic mass is 10.1. The Morgan fingerprint density at radius 1 is 1.30 bits per heavy atom. The molecule has 0 spiro atoms. The fourth-order valence-corrected chi connectivity index (χ4v) is 1.60. The van der Waals surface area contributed by atoms with E-state index in [4.69, 9.17) is 0 Å². The van der Waals surface area contributed by atoms with E-state index in [0.29, 0.717) is 5.69 Å². The van der Waals surface area contributed by atoms with Gasteiger partial charge in [-0.3, -0.25) is 19.7 Å². The maximum atomic E-state index is 11.9. The molecule has 1 aromatic rings. The van der Waals surface area contributed by atoms with Crippen LogP contribution in [0.25, 0.3) is 0 Å². The van der Waals surface area contributed by atoms with Crippen molar-refractivity contribution < 1.29 is 14.5 Å². The van der Waals surface area contributed by atoms with Gasteiger partial charge in [0.1, 0.15) is 11.7 Å². The van der Waals surface area contributed by atoms with E-state index in [1.165, 1.54) is 26.1 Å². The average Bonchev–Trinajstić information content (AvgIpc) is 2.45. The van der Waals surface area contributed by atoms with Crippen LogP contribution in [0.15, 0.2) is 18.2 Å². The molecule has 0 radical (unpaired) electrons. The molecule has 1 aromatic carbocycles. The number of nitrogens with one attached hydrogen (secondary N) is 3. The minimum absolute atomic E-state index is 0.117. The summed E-state index contributed by atoms with van der Waals surface area (Å²) in [7, 11) is 3.01. The fraction of sp³-hybridized carbons (Fsp3) is 0.333. The molecule has 0 fully saturated rings. The number of carbonyl (C=O) groups is 2. The highest BCUT2D eigenvalue weighted by Crippen LogP contribution is 2.24. The van der Waals surface area contributed by atoms with E-state index in [-0.39, 0.29) is 17.2 Å². The zero-order chi connectivity index (χ0) is 15.3. The van der Waals surface area contributed by atoms with Crippen molar-refractivity contribution >= 4 is 23.2 Å². The molecule has 0 saturated heterocycles. The number of nitro benzene ring substituents is 1. The van der Waals surface area contributed by atoms with Gasteiger partial charge in [-0.2, -0.15) is 0 Å². The molecule has 0 aromatic heterocycles. The molecule has 0 aliphatic rings. The molecule has 0 aliphatic heterocycles. The zero-order valence-corrected chi connectivity index (χ0v) is 11.4. The molecule has 0 saturated carbocycles. The third-order valence-corrected chi connectivity index (χ3v) is 2.71. The van der Waals surface area contributed by atoms with Gasteiger partial charge < -0.3 is 16.0 Å². The predicted octanol–water partition coefficient (Wildman–Crippen LogP) is 0.501. The third kappa shape index (κ3) is 3.44. The van der Waals surface area contributed by atoms with Gasteiger partial charge in [0.05, 0.1) is 4.92 Å². The number of hydrogen-bond donors (Lipinski definition) is 3. The minimum Gasteiger partial charge on any atom is -0.383 e. The first-order valence-corrected chi connectivity index (χ1v) is 5.89. The van der Waals surface area contributed by atoms with E-state index >= 15 is 0 Å². The number of nitrogens with zero attached hydrogens (tertiary/aromatic N) is 1. The predicted molar refractivity (Wildman–Crippen MR) is 73.6 cm³/mol. The van der Waals surface area contributed by atoms with Crippen molar-refractivity contribution in [3.63, 3.8) is 0 Å². The van der Waals surface area contributed by atoms with Crippen LogP contribution >= 0.6 is 0 Å². The van der Waals surface area contributed by atoms with Gasteiger partial charge in [0.25, 0.3) is 11.6 Å². The average molecular weight is 280 g/mol. The molecular weight excluding hydrogens is 264 g/mol. The SMILES string of the molecule is CNC(=O)C(C)NC(=O)c1ccc(NC)c([N+](=O)[O-])c1. The summed E-state index contributed by atoms with van der Waals surface area (Å²) in [6.07, 6.45) is 0. The van der Waals surface area contributed by atoms with E-state index < -0.39 is 16.9 Å². The van der Waals surface area contributed by atoms with Gasteiger partial charge in [-0.15, -0.1) is 0 Å². The molecule has 1 unspecified atom stereocenters. The quantitative estimate of drug-likeness (QED) is 0.537. The van der Waals surface area contributed by atoms with Gasteiger partial charge in [-0.1, -0.05) is 0 Å². The lowest BCUT2D eigenvalue weighted by molar-refractivity contribution is -0.384. The molecule has 3 N–H and O–H groups in total. The van der Waals surface area contributed by atoms with Crippen LogP contribution in [0.3, 0.4) is 0 Å². The molecule has 108 valence electrons. The smallest absolute Gasteiger partial charge is 0.293 e. The van der Waals surface area contributed by atoms with Gasteiger partial charge in [0, 0.05) is 25.7 Å². The van der Waals surface area contributed by atoms with E-state index in [1.54, 1.807) is 7.05 Å². The number of benzene rings is 1. The van der Waals surface area contributed by atoms with E-state index in [2.05, 4.69) is 16.0 Å². The summed E-state index contributed by atoms with van der Waals surface area (Å²) in [4.78, 5) is 33.5. The van der Waals surface area contributed by atoms with Crippen molar-refractivity contribution in [1.82, 2.24) is 10.6 Å². The second-order valence-electron chi connectivity index (χ2n) is 4.05. The van der Waals surface area contributed by atoms with Crippen LogP contribution in [0.4, 0.5) is 11.4 Å². The lowest BCUT2D eigenvalue weighted by Crippen LogP contribution is -2.43. The number of amides is 2. The Balaban J connectivity index is 2.97. The molecule has 2 amide bonds. The minimum atomic E-state index is -0.726. The van der Waals surface area contributed by atoms with E-state index in [1.807, 2.05) is 0 Å². The highest BCUT2D eigenvalue weighted by molar-refractivity contribution is 5.98. The van der Waals surface area contributed by atoms with Crippen LogP contribution in [-0.2, 0) is 4.79 Å². The van der Waals surface area contributed by atoms with Crippen molar-refractivity contribution in [3.8, 4) is 0 Å². The molecule has 20 heavy (non-hydrogen) atoms. The number of rotatable bonds is 5. The molecule has 8 heteroatoms. The van der Waals surface area contributed by atoms with Crippen molar-refractivity contribution in [3.05, 3.63) is 33.9 Å². The number of likely N-dealkylation sites (N-methyl/N-ethyl adjacent to an activating group) is 1. The monoisotopic (exact) mass is 280 g/mol. The number of nitro groups is 1. The lowest BCUT2D eigenvalue weighted by Gasteiger charge is -2.12. The molecule has 0 bridgehead atoms. The van der Waals surface area contributed by atoms with E-state index in [0.717, 1.165) is 6.07 Å². The van der Waals surface area contributed by atoms with Gasteiger partial charge in [0.2, 0.25) is 5.91 Å². The second kappa shape index (κ2) is 6.50. The fourth-order valence-electron chi connectivity index (χ4n) is 1.60. The molecular formula is C12H16N4O4. The molecule has 8 nitrogen and oxygen atoms in total. The number of hydrogen-bond acceptors (Lipinski definition) is 5. The van der Waals surface area contributed by atoms with Crippen molar-refractivity contribution in [1.29, 1.82) is 0 Å². The van der Waals surface area contributed by atoms with Gasteiger partial charge in [0.15, 0.2) is 0 Å². The first-order chi connectivity index (χ1) is 9.40. The molecule has 0 aliphatic carbocycles. The third-order valence-electron chi connectivity index (χ3n) is 2.71. The van der Waals surface area contributed by atoms with E-state index in [9.17, 15) is 19.7 Å². The Kier molecular flexibility index (Phi) is 5.01. The summed E-state index contributed by atoms with van der Waals surface area (Å²) in [5.41, 5.74) is 0.227. The molecule has 0 heterocycles. The zero-order valence-electron chi connectivity index (χ0n) is 11.4. The topological polar surface area (TPSA) is 113 Å². The summed E-state index contributed by atoms with van der Waals surface area (Å²) < 4.78 is 0. The summed E-state index contributed by atoms with van der Waals surface area (Å²) in [5, 5.41) is 18.4. The second-order valence-corrected chi connectivity index (χ2v) is 4.05. The first kappa shape index (κ1) is 15.4. The Morgan fingerprint density at radius 2 is 1.95 bits per heavy atom. The van der Waals surface area contributed by atoms with Crippen molar-refractivity contribution in [2.24, 2.45) is 0 Å². The van der Waals surface area contributed by atoms with Crippen molar-refractivity contribution in [2.45, 2.75) is 13.0 Å².